The van der Waals surface area contributed by atoms with Crippen molar-refractivity contribution in [3.8, 4) is 0 Å². The molecule has 0 aromatic rings. The summed E-state index contributed by atoms with van der Waals surface area (Å²) in [6.07, 6.45) is -2.08. The molecule has 5 heteroatoms. The molecule has 5 N–H and O–H groups in total. The van der Waals surface area contributed by atoms with Gasteiger partial charge in [0.1, 0.15) is 0 Å². The van der Waals surface area contributed by atoms with Crippen molar-refractivity contribution in [1.29, 1.82) is 0 Å². The molecule has 1 radical (unpaired) electrons. The van der Waals surface area contributed by atoms with Gasteiger partial charge in [0.15, 0.2) is 0 Å². The van der Waals surface area contributed by atoms with Crippen LogP contribution in [-0.2, 0) is 17.1 Å². The molecule has 0 aliphatic heterocycles. The molecule has 39 valence electrons. The standard InChI is InChI=1S/CH2O3.Mn.H3N/c2-1(3)4;;/h(H2,2,3,4);;1H3. The minimum atomic E-state index is -2.08. The molecule has 0 aromatic heterocycles. The summed E-state index contributed by atoms with van der Waals surface area (Å²) in [6, 6.07) is 0. The maximum atomic E-state index is 8.44. The van der Waals surface area contributed by atoms with Gasteiger partial charge in [0.05, 0.1) is 0 Å². The second-order valence-electron chi connectivity index (χ2n) is 0.266. The van der Waals surface area contributed by atoms with Gasteiger partial charge in [-0.1, -0.05) is 0 Å². The first-order valence-electron chi connectivity index (χ1n) is 0.632. The Kier molecular flexibility index (Phi) is 25.3. The van der Waals surface area contributed by atoms with Gasteiger partial charge in [-0.05, 0) is 0 Å². The van der Waals surface area contributed by atoms with E-state index in [1.54, 1.807) is 0 Å². The van der Waals surface area contributed by atoms with E-state index in [0.29, 0.717) is 0 Å². The molecule has 0 heterocycles. The maximum absolute atomic E-state index is 8.44. The molecule has 6 heavy (non-hydrogen) atoms. The zero-order chi connectivity index (χ0) is 3.58. The van der Waals surface area contributed by atoms with Crippen LogP contribution in [0.2, 0.25) is 0 Å². The Morgan fingerprint density at radius 1 is 1.67 bits per heavy atom. The van der Waals surface area contributed by atoms with Crippen LogP contribution in [0.25, 0.3) is 0 Å². The summed E-state index contributed by atoms with van der Waals surface area (Å²) in [5, 5.41) is 15.3. The van der Waals surface area contributed by atoms with Gasteiger partial charge >= 0.3 is 0 Å². The van der Waals surface area contributed by atoms with Crippen LogP contribution in [0.1, 0.15) is 0 Å². The Hall–Kier alpha value is -0.251. The van der Waals surface area contributed by atoms with Crippen LogP contribution in [-0.4, -0.2) is 11.3 Å². The van der Waals surface area contributed by atoms with Crippen molar-refractivity contribution in [3.05, 3.63) is 0 Å². The van der Waals surface area contributed by atoms with Crippen LogP contribution in [0.3, 0.4) is 0 Å². The van der Waals surface area contributed by atoms with Crippen molar-refractivity contribution < 1.29 is 32.1 Å². The number of rotatable bonds is 0. The van der Waals surface area contributed by atoms with Gasteiger partial charge in [-0.25, -0.2) is 0 Å². The molecule has 0 bridgehead atoms. The Bertz CT molecular complexity index is 33.8. The van der Waals surface area contributed by atoms with Crippen molar-refractivity contribution >= 4 is 6.16 Å². The van der Waals surface area contributed by atoms with Crippen LogP contribution in [0, 0.1) is 0 Å². The summed E-state index contributed by atoms with van der Waals surface area (Å²) in [6.45, 7) is 0. The smallest absolute Gasteiger partial charge is 0.249 e. The molecule has 0 aromatic carbocycles. The average molecular weight is 134 g/mol. The molecule has 0 aliphatic rings. The number of carboxylic acid groups (broad SMARTS) is 2. The molecule has 0 saturated heterocycles. The summed E-state index contributed by atoms with van der Waals surface area (Å²) in [5.74, 6) is 0. The van der Waals surface area contributed by atoms with E-state index in [2.05, 4.69) is 0 Å². The zero-order valence-electron chi connectivity index (χ0n) is 3.14. The Labute approximate surface area is 45.2 Å². The molecule has 4 nitrogen and oxygen atoms in total. The quantitative estimate of drug-likeness (QED) is 0.427. The SMILES string of the molecule is O=C([O-])O.[Mn].[NH4+]. The monoisotopic (exact) mass is 134 g/mol. The van der Waals surface area contributed by atoms with E-state index in [0.717, 1.165) is 0 Å². The van der Waals surface area contributed by atoms with Crippen LogP contribution in [0.5, 0.6) is 0 Å². The van der Waals surface area contributed by atoms with Crippen LogP contribution in [0.4, 0.5) is 4.79 Å². The molecule has 0 unspecified atom stereocenters. The number of carbonyl (C=O) groups is 1. The van der Waals surface area contributed by atoms with E-state index in [1.165, 1.54) is 0 Å². The summed E-state index contributed by atoms with van der Waals surface area (Å²) in [7, 11) is 0. The third-order valence-electron chi connectivity index (χ3n) is 0. The first kappa shape index (κ1) is 17.2. The predicted octanol–water partition coefficient (Wildman–Crippen LogP) is -0.739. The maximum Gasteiger partial charge on any atom is 0.249 e. The Morgan fingerprint density at radius 3 is 1.67 bits per heavy atom. The zero-order valence-corrected chi connectivity index (χ0v) is 4.32. The molecular formula is CH5MnNO3. The normalized spacial score (nSPS) is 4.00. The molecule has 0 rings (SSSR count). The minimum Gasteiger partial charge on any atom is -0.565 e. The van der Waals surface area contributed by atoms with Gasteiger partial charge in [0, 0.05) is 17.1 Å². The fourth-order valence-corrected chi connectivity index (χ4v) is 0. The molecule has 0 amide bonds. The first-order valence-corrected chi connectivity index (χ1v) is 0.632. The summed E-state index contributed by atoms with van der Waals surface area (Å²) < 4.78 is 0. The molecule has 0 aliphatic carbocycles. The van der Waals surface area contributed by atoms with E-state index in [-0.39, 0.29) is 23.2 Å². The number of hydrogen-bond donors (Lipinski definition) is 2. The summed E-state index contributed by atoms with van der Waals surface area (Å²) >= 11 is 0. The minimum absolute atomic E-state index is 0. The van der Waals surface area contributed by atoms with Gasteiger partial charge in [0.2, 0.25) is 6.16 Å². The second kappa shape index (κ2) is 8.83. The first-order chi connectivity index (χ1) is 1.73. The topological polar surface area (TPSA) is 96.9 Å². The third kappa shape index (κ3) is 452. The van der Waals surface area contributed by atoms with Crippen molar-refractivity contribution in [1.82, 2.24) is 6.15 Å². The largest absolute Gasteiger partial charge is 0.565 e. The van der Waals surface area contributed by atoms with E-state index >= 15 is 0 Å². The van der Waals surface area contributed by atoms with Gasteiger partial charge in [0.25, 0.3) is 0 Å². The number of quaternary nitrogens is 1. The van der Waals surface area contributed by atoms with E-state index in [4.69, 9.17) is 15.0 Å². The summed E-state index contributed by atoms with van der Waals surface area (Å²) in [5.41, 5.74) is 0. The van der Waals surface area contributed by atoms with Crippen LogP contribution in [0.15, 0.2) is 0 Å². The molecule has 0 fully saturated rings. The van der Waals surface area contributed by atoms with Gasteiger partial charge in [-0.15, -0.1) is 0 Å². The average Bonchev–Trinajstić information content (AvgIpc) is 0.811. The third-order valence-corrected chi connectivity index (χ3v) is 0. The van der Waals surface area contributed by atoms with E-state index in [1.807, 2.05) is 0 Å². The van der Waals surface area contributed by atoms with E-state index < -0.39 is 6.16 Å². The molecular weight excluding hydrogens is 129 g/mol. The Balaban J connectivity index is -0.0000000450. The number of hydrogen-bond acceptors (Lipinski definition) is 2. The molecule has 0 saturated carbocycles. The van der Waals surface area contributed by atoms with Crippen molar-refractivity contribution in [2.45, 2.75) is 0 Å². The van der Waals surface area contributed by atoms with E-state index in [9.17, 15) is 0 Å². The molecule has 0 atom stereocenters. The van der Waals surface area contributed by atoms with Crippen molar-refractivity contribution in [2.75, 3.05) is 0 Å². The van der Waals surface area contributed by atoms with Gasteiger partial charge in [-0.2, -0.15) is 0 Å². The van der Waals surface area contributed by atoms with Crippen LogP contribution < -0.4 is 11.3 Å². The second-order valence-corrected chi connectivity index (χ2v) is 0.266. The fraction of sp³-hybridized carbons (Fsp3) is 0. The fourth-order valence-electron chi connectivity index (χ4n) is 0. The van der Waals surface area contributed by atoms with Crippen molar-refractivity contribution in [2.24, 2.45) is 0 Å². The molecule has 0 spiro atoms. The van der Waals surface area contributed by atoms with Gasteiger partial charge in [-0.3, -0.25) is 0 Å². The van der Waals surface area contributed by atoms with Crippen LogP contribution >= 0.6 is 0 Å². The predicted molar refractivity (Wildman–Crippen MR) is 14.0 cm³/mol. The van der Waals surface area contributed by atoms with Crippen molar-refractivity contribution in [3.63, 3.8) is 0 Å². The summed E-state index contributed by atoms with van der Waals surface area (Å²) in [4.78, 5) is 8.44. The Morgan fingerprint density at radius 2 is 1.67 bits per heavy atom. The van der Waals surface area contributed by atoms with Gasteiger partial charge < -0.3 is 21.2 Å².